The maximum Gasteiger partial charge on any atom is 0.259 e. The predicted molar refractivity (Wildman–Crippen MR) is 127 cm³/mol. The molecule has 3 heterocycles. The number of carbonyl (C=O) groups excluding carboxylic acids is 1. The molecule has 0 saturated carbocycles. The van der Waals surface area contributed by atoms with Gasteiger partial charge in [0.1, 0.15) is 10.7 Å². The Bertz CT molecular complexity index is 1070. The number of aromatic nitrogens is 2. The highest BCUT2D eigenvalue weighted by molar-refractivity contribution is 7.99. The summed E-state index contributed by atoms with van der Waals surface area (Å²) in [6.07, 6.45) is 4.37. The second-order valence-corrected chi connectivity index (χ2v) is 10.6. The summed E-state index contributed by atoms with van der Waals surface area (Å²) in [4.78, 5) is 36.8. The van der Waals surface area contributed by atoms with Crippen molar-refractivity contribution < 1.29 is 4.79 Å². The van der Waals surface area contributed by atoms with Gasteiger partial charge in [0.05, 0.1) is 22.9 Å². The lowest BCUT2D eigenvalue weighted by atomic mass is 9.97. The lowest BCUT2D eigenvalue weighted by molar-refractivity contribution is -0.118. The molecule has 0 aromatic carbocycles. The Hall–Kier alpha value is -1.68. The number of fused-ring (bicyclic) bond motifs is 3. The van der Waals surface area contributed by atoms with Crippen LogP contribution in [0, 0.1) is 0 Å². The molecule has 0 fully saturated rings. The van der Waals surface area contributed by atoms with Crippen LogP contribution in [0.25, 0.3) is 10.2 Å². The fourth-order valence-electron chi connectivity index (χ4n) is 3.84. The van der Waals surface area contributed by atoms with E-state index < -0.39 is 0 Å². The zero-order valence-electron chi connectivity index (χ0n) is 17.2. The highest BCUT2D eigenvalue weighted by atomic mass is 32.2. The molecular formula is C21H26N4O2S3. The monoisotopic (exact) mass is 462 g/mol. The third-order valence-electron chi connectivity index (χ3n) is 5.39. The Morgan fingerprint density at radius 1 is 1.37 bits per heavy atom. The number of thiophene rings is 2. The van der Waals surface area contributed by atoms with Crippen molar-refractivity contribution in [1.29, 1.82) is 0 Å². The lowest BCUT2D eigenvalue weighted by Gasteiger charge is -2.23. The number of aryl methyl sites for hydroxylation is 2. The molecule has 3 aromatic rings. The molecular weight excluding hydrogens is 436 g/mol. The summed E-state index contributed by atoms with van der Waals surface area (Å²) < 4.78 is 0. The van der Waals surface area contributed by atoms with Crippen molar-refractivity contribution in [3.05, 3.63) is 49.0 Å². The Labute approximate surface area is 188 Å². The van der Waals surface area contributed by atoms with E-state index in [2.05, 4.69) is 37.0 Å². The van der Waals surface area contributed by atoms with Crippen molar-refractivity contribution in [1.82, 2.24) is 20.2 Å². The number of hydrogen-bond acceptors (Lipinski definition) is 7. The first kappa shape index (κ1) is 21.5. The van der Waals surface area contributed by atoms with Gasteiger partial charge in [-0.1, -0.05) is 0 Å². The van der Waals surface area contributed by atoms with Gasteiger partial charge in [-0.05, 0) is 67.7 Å². The van der Waals surface area contributed by atoms with Gasteiger partial charge in [-0.25, -0.2) is 4.98 Å². The van der Waals surface area contributed by atoms with Crippen molar-refractivity contribution in [3.8, 4) is 0 Å². The highest BCUT2D eigenvalue weighted by Gasteiger charge is 2.20. The number of amides is 1. The summed E-state index contributed by atoms with van der Waals surface area (Å²) in [5, 5.41) is 7.98. The normalized spacial score (nSPS) is 14.8. The minimum Gasteiger partial charge on any atom is -0.353 e. The van der Waals surface area contributed by atoms with Crippen LogP contribution in [0.15, 0.2) is 21.6 Å². The van der Waals surface area contributed by atoms with Crippen molar-refractivity contribution in [2.45, 2.75) is 37.5 Å². The largest absolute Gasteiger partial charge is 0.353 e. The average molecular weight is 463 g/mol. The molecule has 2 N–H and O–H groups in total. The van der Waals surface area contributed by atoms with Crippen LogP contribution >= 0.6 is 34.4 Å². The molecule has 1 aliphatic rings. The molecule has 0 bridgehead atoms. The standard InChI is InChI=1S/C21H26N4O2S3/c1-25(2)15(13-7-8-28-10-13)9-22-18(26)12-29-11-17-23-20(27)19-14-5-3-4-6-16(14)30-21(19)24-17/h7-8,10,15H,3-6,9,11-12H2,1-2H3,(H,22,26)(H,23,24,27). The number of carbonyl (C=O) groups is 1. The number of rotatable bonds is 8. The number of aromatic amines is 1. The second-order valence-electron chi connectivity index (χ2n) is 7.74. The molecule has 160 valence electrons. The average Bonchev–Trinajstić information content (AvgIpc) is 3.35. The first-order valence-corrected chi connectivity index (χ1v) is 13.0. The van der Waals surface area contributed by atoms with Gasteiger partial charge in [0.15, 0.2) is 0 Å². The van der Waals surface area contributed by atoms with E-state index in [4.69, 9.17) is 0 Å². The molecule has 1 atom stereocenters. The zero-order chi connectivity index (χ0) is 21.1. The molecule has 1 unspecified atom stereocenters. The van der Waals surface area contributed by atoms with Crippen molar-refractivity contribution in [2.24, 2.45) is 0 Å². The molecule has 30 heavy (non-hydrogen) atoms. The van der Waals surface area contributed by atoms with Crippen molar-refractivity contribution in [3.63, 3.8) is 0 Å². The van der Waals surface area contributed by atoms with Crippen LogP contribution < -0.4 is 10.9 Å². The summed E-state index contributed by atoms with van der Waals surface area (Å²) in [5.74, 6) is 1.50. The Kier molecular flexibility index (Phi) is 6.92. The quantitative estimate of drug-likeness (QED) is 0.535. The molecule has 0 aliphatic heterocycles. The van der Waals surface area contributed by atoms with E-state index in [0.717, 1.165) is 29.5 Å². The van der Waals surface area contributed by atoms with E-state index >= 15 is 0 Å². The summed E-state index contributed by atoms with van der Waals surface area (Å²) >= 11 is 4.79. The molecule has 0 saturated heterocycles. The number of thioether (sulfide) groups is 1. The fourth-order valence-corrected chi connectivity index (χ4v) is 6.55. The van der Waals surface area contributed by atoms with E-state index in [-0.39, 0.29) is 17.5 Å². The third kappa shape index (κ3) is 4.80. The number of likely N-dealkylation sites (N-methyl/N-ethyl adjacent to an activating group) is 1. The molecule has 6 nitrogen and oxygen atoms in total. The van der Waals surface area contributed by atoms with Gasteiger partial charge < -0.3 is 15.2 Å². The van der Waals surface area contributed by atoms with Crippen LogP contribution in [0.5, 0.6) is 0 Å². The second kappa shape index (κ2) is 9.64. The van der Waals surface area contributed by atoms with Crippen molar-refractivity contribution >= 4 is 50.6 Å². The molecule has 1 amide bonds. The van der Waals surface area contributed by atoms with E-state index in [0.29, 0.717) is 23.9 Å². The van der Waals surface area contributed by atoms with Crippen LogP contribution in [0.3, 0.4) is 0 Å². The van der Waals surface area contributed by atoms with Crippen LogP contribution in [0.4, 0.5) is 0 Å². The summed E-state index contributed by atoms with van der Waals surface area (Å²) in [6.45, 7) is 0.574. The number of H-pyrrole nitrogens is 1. The SMILES string of the molecule is CN(C)C(CNC(=O)CSCc1nc2sc3c(c2c(=O)[nH]1)CCCC3)c1ccsc1. The van der Waals surface area contributed by atoms with Crippen LogP contribution in [-0.2, 0) is 23.4 Å². The van der Waals surface area contributed by atoms with Gasteiger partial charge in [0.25, 0.3) is 5.56 Å². The fraction of sp³-hybridized carbons (Fsp3) is 0.476. The molecule has 0 spiro atoms. The Morgan fingerprint density at radius 2 is 2.20 bits per heavy atom. The molecule has 3 aromatic heterocycles. The minimum atomic E-state index is -0.0379. The summed E-state index contributed by atoms with van der Waals surface area (Å²) in [7, 11) is 4.04. The lowest BCUT2D eigenvalue weighted by Crippen LogP contribution is -2.35. The van der Waals surface area contributed by atoms with E-state index in [1.54, 1.807) is 22.7 Å². The first-order chi connectivity index (χ1) is 14.5. The third-order valence-corrected chi connectivity index (χ3v) is 8.22. The topological polar surface area (TPSA) is 78.1 Å². The number of hydrogen-bond donors (Lipinski definition) is 2. The number of nitrogens with one attached hydrogen (secondary N) is 2. The Balaban J connectivity index is 1.32. The van der Waals surface area contributed by atoms with E-state index in [9.17, 15) is 9.59 Å². The summed E-state index contributed by atoms with van der Waals surface area (Å²) in [5.41, 5.74) is 2.38. The number of nitrogens with zero attached hydrogens (tertiary/aromatic N) is 2. The van der Waals surface area contributed by atoms with Gasteiger partial charge in [-0.3, -0.25) is 9.59 Å². The van der Waals surface area contributed by atoms with E-state index in [1.165, 1.54) is 34.2 Å². The predicted octanol–water partition coefficient (Wildman–Crippen LogP) is 3.58. The highest BCUT2D eigenvalue weighted by Crippen LogP contribution is 2.33. The van der Waals surface area contributed by atoms with Gasteiger partial charge in [-0.2, -0.15) is 11.3 Å². The van der Waals surface area contributed by atoms with Gasteiger partial charge in [-0.15, -0.1) is 23.1 Å². The first-order valence-electron chi connectivity index (χ1n) is 10.1. The maximum atomic E-state index is 12.6. The van der Waals surface area contributed by atoms with Gasteiger partial charge in [0, 0.05) is 11.4 Å². The van der Waals surface area contributed by atoms with Crippen LogP contribution in [-0.4, -0.2) is 47.2 Å². The Morgan fingerprint density at radius 3 is 2.97 bits per heavy atom. The maximum absolute atomic E-state index is 12.6. The minimum absolute atomic E-state index is 0.00269. The summed E-state index contributed by atoms with van der Waals surface area (Å²) in [6, 6.07) is 2.26. The molecule has 4 rings (SSSR count). The van der Waals surface area contributed by atoms with E-state index in [1.807, 2.05) is 14.1 Å². The molecule has 0 radical (unpaired) electrons. The van der Waals surface area contributed by atoms with Gasteiger partial charge >= 0.3 is 0 Å². The van der Waals surface area contributed by atoms with Gasteiger partial charge in [0.2, 0.25) is 5.91 Å². The molecule has 9 heteroatoms. The van der Waals surface area contributed by atoms with Crippen LogP contribution in [0.1, 0.15) is 40.7 Å². The van der Waals surface area contributed by atoms with Crippen molar-refractivity contribution in [2.75, 3.05) is 26.4 Å². The zero-order valence-corrected chi connectivity index (χ0v) is 19.6. The van der Waals surface area contributed by atoms with Crippen LogP contribution in [0.2, 0.25) is 0 Å². The smallest absolute Gasteiger partial charge is 0.259 e. The molecule has 1 aliphatic carbocycles.